The smallest absolute Gasteiger partial charge is 0.119 e. The number of halogens is 1. The van der Waals surface area contributed by atoms with E-state index in [1.54, 1.807) is 5.01 Å². The average molecular weight is 476 g/mol. The largest absolute Gasteiger partial charge is 0.494 e. The SMILES string of the molecule is CC1=C(CO)NNN1CC(O)COc1ccc(C(C)(C)c2ccc(OCCCCl)cc2)cc1. The lowest BCUT2D eigenvalue weighted by molar-refractivity contribution is 0.0645. The third-order valence-corrected chi connectivity index (χ3v) is 6.14. The highest BCUT2D eigenvalue weighted by Gasteiger charge is 2.24. The van der Waals surface area contributed by atoms with Crippen LogP contribution in [-0.2, 0) is 5.41 Å². The molecule has 33 heavy (non-hydrogen) atoms. The maximum atomic E-state index is 10.3. The minimum absolute atomic E-state index is 0.0862. The summed E-state index contributed by atoms with van der Waals surface area (Å²) in [6.45, 7) is 7.26. The standard InChI is InChI=1S/C25H34ClN3O4/c1-18-24(16-30)27-28-29(18)15-21(31)17-33-23-11-7-20(8-12-23)25(2,3)19-5-9-22(10-6-19)32-14-4-13-26/h5-12,21,27-28,30-31H,4,13-17H2,1-3H3. The normalized spacial score (nSPS) is 14.9. The number of hydrazine groups is 2. The molecule has 2 aromatic rings. The van der Waals surface area contributed by atoms with Crippen LogP contribution < -0.4 is 20.4 Å². The number of ether oxygens (including phenoxy) is 2. The second-order valence-electron chi connectivity index (χ2n) is 8.60. The molecule has 1 aliphatic rings. The van der Waals surface area contributed by atoms with Gasteiger partial charge in [-0.3, -0.25) is 5.01 Å². The molecular weight excluding hydrogens is 442 g/mol. The van der Waals surface area contributed by atoms with Gasteiger partial charge >= 0.3 is 0 Å². The minimum Gasteiger partial charge on any atom is -0.494 e. The van der Waals surface area contributed by atoms with Crippen molar-refractivity contribution in [1.29, 1.82) is 0 Å². The molecule has 0 fully saturated rings. The molecule has 1 unspecified atom stereocenters. The summed E-state index contributed by atoms with van der Waals surface area (Å²) in [4.78, 5) is 0. The average Bonchev–Trinajstić information content (AvgIpc) is 3.17. The fourth-order valence-electron chi connectivity index (χ4n) is 3.61. The van der Waals surface area contributed by atoms with Crippen molar-refractivity contribution in [3.8, 4) is 11.5 Å². The molecule has 1 atom stereocenters. The van der Waals surface area contributed by atoms with Gasteiger partial charge in [-0.15, -0.1) is 17.1 Å². The number of alkyl halides is 1. The van der Waals surface area contributed by atoms with Crippen molar-refractivity contribution in [1.82, 2.24) is 16.0 Å². The zero-order valence-corrected chi connectivity index (χ0v) is 20.2. The van der Waals surface area contributed by atoms with E-state index >= 15 is 0 Å². The summed E-state index contributed by atoms with van der Waals surface area (Å²) in [5.41, 5.74) is 9.49. The molecular formula is C25H34ClN3O4. The molecule has 8 heteroatoms. The van der Waals surface area contributed by atoms with Gasteiger partial charge in [-0.25, -0.2) is 0 Å². The maximum absolute atomic E-state index is 10.3. The number of nitrogens with one attached hydrogen (secondary N) is 2. The Hall–Kier alpha value is -2.45. The summed E-state index contributed by atoms with van der Waals surface area (Å²) in [6.07, 6.45) is 0.127. The van der Waals surface area contributed by atoms with E-state index in [9.17, 15) is 10.2 Å². The van der Waals surface area contributed by atoms with E-state index < -0.39 is 6.10 Å². The molecule has 0 bridgehead atoms. The van der Waals surface area contributed by atoms with Crippen molar-refractivity contribution >= 4 is 11.6 Å². The molecule has 7 nitrogen and oxygen atoms in total. The summed E-state index contributed by atoms with van der Waals surface area (Å²) in [5, 5.41) is 21.3. The lowest BCUT2D eigenvalue weighted by Crippen LogP contribution is -2.43. The zero-order chi connectivity index (χ0) is 23.8. The molecule has 2 aromatic carbocycles. The molecule has 180 valence electrons. The minimum atomic E-state index is -0.700. The number of aliphatic hydroxyl groups is 2. The molecule has 0 spiro atoms. The predicted molar refractivity (Wildman–Crippen MR) is 130 cm³/mol. The van der Waals surface area contributed by atoms with Crippen molar-refractivity contribution in [3.63, 3.8) is 0 Å². The van der Waals surface area contributed by atoms with Crippen LogP contribution in [0.5, 0.6) is 11.5 Å². The van der Waals surface area contributed by atoms with Gasteiger partial charge in [0.1, 0.15) is 24.2 Å². The first-order chi connectivity index (χ1) is 15.8. The number of β-amino-alcohol motifs (C(OH)–C–C–N with tert-alkyl or cyclic N) is 1. The van der Waals surface area contributed by atoms with Gasteiger partial charge in [-0.05, 0) is 48.7 Å². The predicted octanol–water partition coefficient (Wildman–Crippen LogP) is 3.31. The first-order valence-electron chi connectivity index (χ1n) is 11.2. The summed E-state index contributed by atoms with van der Waals surface area (Å²) in [7, 11) is 0. The van der Waals surface area contributed by atoms with E-state index in [2.05, 4.69) is 49.1 Å². The highest BCUT2D eigenvalue weighted by atomic mass is 35.5. The van der Waals surface area contributed by atoms with Crippen LogP contribution in [0.25, 0.3) is 0 Å². The van der Waals surface area contributed by atoms with Crippen molar-refractivity contribution in [2.45, 2.75) is 38.7 Å². The Bertz CT molecular complexity index is 916. The first-order valence-corrected chi connectivity index (χ1v) is 11.7. The van der Waals surface area contributed by atoms with Crippen LogP contribution in [0.1, 0.15) is 38.3 Å². The number of hydrogen-bond donors (Lipinski definition) is 4. The van der Waals surface area contributed by atoms with Gasteiger partial charge in [-0.2, -0.15) is 0 Å². The van der Waals surface area contributed by atoms with Crippen LogP contribution >= 0.6 is 11.6 Å². The fraction of sp³-hybridized carbons (Fsp3) is 0.440. The van der Waals surface area contributed by atoms with Crippen molar-refractivity contribution in [3.05, 3.63) is 71.1 Å². The summed E-state index contributed by atoms with van der Waals surface area (Å²) < 4.78 is 11.5. The van der Waals surface area contributed by atoms with Gasteiger partial charge in [0.05, 0.1) is 31.2 Å². The Kier molecular flexibility index (Phi) is 8.86. The topological polar surface area (TPSA) is 86.2 Å². The van der Waals surface area contributed by atoms with E-state index in [0.29, 0.717) is 30.5 Å². The van der Waals surface area contributed by atoms with E-state index in [4.69, 9.17) is 21.1 Å². The lowest BCUT2D eigenvalue weighted by atomic mass is 9.78. The highest BCUT2D eigenvalue weighted by molar-refractivity contribution is 6.17. The third-order valence-electron chi connectivity index (χ3n) is 5.88. The number of aliphatic hydroxyl groups excluding tert-OH is 2. The number of rotatable bonds is 12. The highest BCUT2D eigenvalue weighted by Crippen LogP contribution is 2.33. The van der Waals surface area contributed by atoms with Crippen LogP contribution in [0.4, 0.5) is 0 Å². The first kappa shape index (κ1) is 25.2. The van der Waals surface area contributed by atoms with E-state index in [1.165, 1.54) is 5.56 Å². The van der Waals surface area contributed by atoms with Gasteiger partial charge < -0.3 is 25.1 Å². The van der Waals surface area contributed by atoms with Crippen LogP contribution in [0.15, 0.2) is 59.9 Å². The number of benzene rings is 2. The Labute approximate surface area is 200 Å². The second kappa shape index (κ2) is 11.6. The van der Waals surface area contributed by atoms with Crippen LogP contribution in [0, 0.1) is 0 Å². The maximum Gasteiger partial charge on any atom is 0.119 e. The van der Waals surface area contributed by atoms with Crippen LogP contribution in [0.2, 0.25) is 0 Å². The quantitative estimate of drug-likeness (QED) is 0.277. The molecule has 1 heterocycles. The molecule has 0 amide bonds. The summed E-state index contributed by atoms with van der Waals surface area (Å²) >= 11 is 5.70. The Morgan fingerprint density at radius 3 is 2.09 bits per heavy atom. The number of nitrogens with zero attached hydrogens (tertiary/aromatic N) is 1. The second-order valence-corrected chi connectivity index (χ2v) is 8.98. The lowest BCUT2D eigenvalue weighted by Gasteiger charge is -2.27. The van der Waals surface area contributed by atoms with Crippen LogP contribution in [-0.4, -0.2) is 53.6 Å². The molecule has 1 aliphatic heterocycles. The summed E-state index contributed by atoms with van der Waals surface area (Å²) in [6, 6.07) is 16.1. The fourth-order valence-corrected chi connectivity index (χ4v) is 3.72. The Balaban J connectivity index is 1.54. The van der Waals surface area contributed by atoms with E-state index in [-0.39, 0.29) is 18.6 Å². The van der Waals surface area contributed by atoms with Crippen molar-refractivity contribution in [2.75, 3.05) is 32.2 Å². The molecule has 3 rings (SSSR count). The van der Waals surface area contributed by atoms with Gasteiger partial charge in [0.15, 0.2) is 0 Å². The monoisotopic (exact) mass is 475 g/mol. The molecule has 0 aliphatic carbocycles. The van der Waals surface area contributed by atoms with Gasteiger partial charge in [0, 0.05) is 11.3 Å². The van der Waals surface area contributed by atoms with E-state index in [1.807, 2.05) is 31.2 Å². The summed E-state index contributed by atoms with van der Waals surface area (Å²) in [5.74, 6) is 2.15. The molecule has 0 saturated carbocycles. The van der Waals surface area contributed by atoms with Crippen LogP contribution in [0.3, 0.4) is 0 Å². The number of allylic oxidation sites excluding steroid dienone is 1. The molecule has 4 N–H and O–H groups in total. The van der Waals surface area contributed by atoms with Crippen molar-refractivity contribution in [2.24, 2.45) is 0 Å². The van der Waals surface area contributed by atoms with Crippen molar-refractivity contribution < 1.29 is 19.7 Å². The van der Waals surface area contributed by atoms with E-state index in [0.717, 1.165) is 23.4 Å². The van der Waals surface area contributed by atoms with Gasteiger partial charge in [0.2, 0.25) is 0 Å². The third kappa shape index (κ3) is 6.54. The number of hydrogen-bond acceptors (Lipinski definition) is 7. The van der Waals surface area contributed by atoms with Gasteiger partial charge in [-0.1, -0.05) is 38.1 Å². The Morgan fingerprint density at radius 1 is 1.00 bits per heavy atom. The Morgan fingerprint density at radius 2 is 1.58 bits per heavy atom. The molecule has 0 aromatic heterocycles. The van der Waals surface area contributed by atoms with Gasteiger partial charge in [0.25, 0.3) is 0 Å². The molecule has 0 saturated heterocycles. The molecule has 0 radical (unpaired) electrons. The zero-order valence-electron chi connectivity index (χ0n) is 19.5.